The first-order valence-electron chi connectivity index (χ1n) is 10.9. The van der Waals surface area contributed by atoms with Crippen molar-refractivity contribution in [1.29, 1.82) is 0 Å². The maximum atomic E-state index is 12.8. The fraction of sp³-hybridized carbons (Fsp3) is 0.391. The van der Waals surface area contributed by atoms with E-state index in [1.165, 1.54) is 4.68 Å². The van der Waals surface area contributed by atoms with Gasteiger partial charge >= 0.3 is 5.97 Å². The van der Waals surface area contributed by atoms with Crippen LogP contribution in [0.1, 0.15) is 53.0 Å². The fourth-order valence-corrected chi connectivity index (χ4v) is 5.89. The molecule has 2 aromatic heterocycles. The Bertz CT molecular complexity index is 1360. The number of anilines is 1. The van der Waals surface area contributed by atoms with Crippen molar-refractivity contribution in [2.24, 2.45) is 0 Å². The maximum Gasteiger partial charge on any atom is 0.339 e. The van der Waals surface area contributed by atoms with E-state index in [1.54, 1.807) is 19.1 Å². The standard InChI is InChI=1S/C23H24N4O5S/c1-14-10-21(27(26-14)16-8-9-33(30,31)13-16)25-22(28)12-32-23(29)18-11-20(15-6-7-15)24-19-5-3-2-4-17(18)19/h2-5,10-11,15-16H,6-9,12-13H2,1H3,(H,25,28). The number of pyridine rings is 1. The molecule has 1 aliphatic heterocycles. The lowest BCUT2D eigenvalue weighted by Gasteiger charge is -2.14. The number of hydrogen-bond donors (Lipinski definition) is 1. The highest BCUT2D eigenvalue weighted by atomic mass is 32.2. The summed E-state index contributed by atoms with van der Waals surface area (Å²) in [6.45, 7) is 1.29. The van der Waals surface area contributed by atoms with Gasteiger partial charge in [0.15, 0.2) is 16.4 Å². The Labute approximate surface area is 191 Å². The van der Waals surface area contributed by atoms with Crippen LogP contribution in [0.15, 0.2) is 36.4 Å². The number of hydrogen-bond acceptors (Lipinski definition) is 7. The van der Waals surface area contributed by atoms with Crippen LogP contribution in [0.3, 0.4) is 0 Å². The molecule has 1 aliphatic carbocycles. The van der Waals surface area contributed by atoms with Crippen LogP contribution in [0.2, 0.25) is 0 Å². The minimum atomic E-state index is -3.10. The number of sulfone groups is 1. The molecular weight excluding hydrogens is 444 g/mol. The van der Waals surface area contributed by atoms with Crippen molar-refractivity contribution in [3.63, 3.8) is 0 Å². The molecule has 2 fully saturated rings. The minimum Gasteiger partial charge on any atom is -0.452 e. The van der Waals surface area contributed by atoms with E-state index in [0.29, 0.717) is 34.8 Å². The summed E-state index contributed by atoms with van der Waals surface area (Å²) in [4.78, 5) is 30.0. The minimum absolute atomic E-state index is 0.00950. The van der Waals surface area contributed by atoms with Crippen LogP contribution in [0, 0.1) is 6.92 Å². The summed E-state index contributed by atoms with van der Waals surface area (Å²) in [5.74, 6) is -0.258. The molecule has 3 heterocycles. The largest absolute Gasteiger partial charge is 0.452 e. The van der Waals surface area contributed by atoms with Crippen molar-refractivity contribution in [1.82, 2.24) is 14.8 Å². The number of nitrogens with zero attached hydrogens (tertiary/aromatic N) is 3. The monoisotopic (exact) mass is 468 g/mol. The molecule has 2 aliphatic rings. The Hall–Kier alpha value is -3.27. The Morgan fingerprint density at radius 3 is 2.70 bits per heavy atom. The van der Waals surface area contributed by atoms with Crippen LogP contribution in [-0.4, -0.2) is 53.2 Å². The van der Waals surface area contributed by atoms with E-state index in [2.05, 4.69) is 15.4 Å². The quantitative estimate of drug-likeness (QED) is 0.552. The third kappa shape index (κ3) is 4.61. The molecule has 0 spiro atoms. The third-order valence-electron chi connectivity index (χ3n) is 5.97. The van der Waals surface area contributed by atoms with E-state index >= 15 is 0 Å². The molecule has 10 heteroatoms. The molecule has 1 saturated heterocycles. The summed E-state index contributed by atoms with van der Waals surface area (Å²) < 4.78 is 30.5. The van der Waals surface area contributed by atoms with Gasteiger partial charge in [0.2, 0.25) is 0 Å². The van der Waals surface area contributed by atoms with Crippen molar-refractivity contribution < 1.29 is 22.7 Å². The zero-order valence-electron chi connectivity index (χ0n) is 18.2. The number of benzene rings is 1. The topological polar surface area (TPSA) is 120 Å². The second-order valence-electron chi connectivity index (χ2n) is 8.68. The molecule has 1 saturated carbocycles. The van der Waals surface area contributed by atoms with Gasteiger partial charge in [0.1, 0.15) is 5.82 Å². The molecule has 0 radical (unpaired) electrons. The van der Waals surface area contributed by atoms with Gasteiger partial charge in [-0.15, -0.1) is 0 Å². The van der Waals surface area contributed by atoms with Gasteiger partial charge in [0, 0.05) is 23.1 Å². The third-order valence-corrected chi connectivity index (χ3v) is 7.72. The van der Waals surface area contributed by atoms with E-state index in [1.807, 2.05) is 24.3 Å². The van der Waals surface area contributed by atoms with Crippen molar-refractivity contribution in [2.75, 3.05) is 23.4 Å². The lowest BCUT2D eigenvalue weighted by atomic mass is 10.1. The first kappa shape index (κ1) is 21.6. The molecule has 9 nitrogen and oxygen atoms in total. The van der Waals surface area contributed by atoms with Gasteiger partial charge in [0.05, 0.1) is 34.3 Å². The lowest BCUT2D eigenvalue weighted by molar-refractivity contribution is -0.119. The van der Waals surface area contributed by atoms with E-state index in [4.69, 9.17) is 4.74 Å². The smallest absolute Gasteiger partial charge is 0.339 e. The van der Waals surface area contributed by atoms with Crippen LogP contribution in [0.4, 0.5) is 5.82 Å². The van der Waals surface area contributed by atoms with Gasteiger partial charge in [-0.2, -0.15) is 5.10 Å². The van der Waals surface area contributed by atoms with Gasteiger partial charge in [-0.3, -0.25) is 9.78 Å². The summed E-state index contributed by atoms with van der Waals surface area (Å²) in [6.07, 6.45) is 2.55. The van der Waals surface area contributed by atoms with Crippen LogP contribution in [0.25, 0.3) is 10.9 Å². The normalized spacial score (nSPS) is 19.5. The van der Waals surface area contributed by atoms with E-state index < -0.39 is 28.3 Å². The highest BCUT2D eigenvalue weighted by Crippen LogP contribution is 2.40. The van der Waals surface area contributed by atoms with Gasteiger partial charge in [0.25, 0.3) is 5.91 Å². The van der Waals surface area contributed by atoms with Gasteiger partial charge in [-0.05, 0) is 38.3 Å². The van der Waals surface area contributed by atoms with E-state index in [0.717, 1.165) is 24.1 Å². The summed E-state index contributed by atoms with van der Waals surface area (Å²) in [6, 6.07) is 10.5. The number of ether oxygens (including phenoxy) is 1. The number of amides is 1. The highest BCUT2D eigenvalue weighted by Gasteiger charge is 2.31. The molecule has 1 atom stereocenters. The zero-order valence-corrected chi connectivity index (χ0v) is 19.0. The number of para-hydroxylation sites is 1. The average molecular weight is 469 g/mol. The zero-order chi connectivity index (χ0) is 23.2. The summed E-state index contributed by atoms with van der Waals surface area (Å²) in [5.41, 5.74) is 2.65. The number of carbonyl (C=O) groups excluding carboxylic acids is 2. The fourth-order valence-electron chi connectivity index (χ4n) is 4.20. The average Bonchev–Trinajstić information content (AvgIpc) is 3.49. The Morgan fingerprint density at radius 2 is 1.97 bits per heavy atom. The number of fused-ring (bicyclic) bond motifs is 1. The molecule has 172 valence electrons. The molecule has 0 bridgehead atoms. The van der Waals surface area contributed by atoms with Gasteiger partial charge < -0.3 is 10.1 Å². The van der Waals surface area contributed by atoms with Crippen molar-refractivity contribution in [2.45, 2.75) is 38.1 Å². The first-order valence-corrected chi connectivity index (χ1v) is 12.7. The number of rotatable bonds is 6. The molecular formula is C23H24N4O5S. The number of nitrogens with one attached hydrogen (secondary N) is 1. The predicted octanol–water partition coefficient (Wildman–Crippen LogP) is 2.77. The predicted molar refractivity (Wildman–Crippen MR) is 122 cm³/mol. The highest BCUT2D eigenvalue weighted by molar-refractivity contribution is 7.91. The second-order valence-corrected chi connectivity index (χ2v) is 10.9. The van der Waals surface area contributed by atoms with Crippen molar-refractivity contribution in [3.05, 3.63) is 53.3 Å². The van der Waals surface area contributed by atoms with Gasteiger partial charge in [-0.1, -0.05) is 18.2 Å². The van der Waals surface area contributed by atoms with E-state index in [-0.39, 0.29) is 17.5 Å². The maximum absolute atomic E-state index is 12.8. The molecule has 1 amide bonds. The molecule has 1 unspecified atom stereocenters. The van der Waals surface area contributed by atoms with Crippen LogP contribution in [0.5, 0.6) is 0 Å². The number of aryl methyl sites for hydroxylation is 1. The molecule has 3 aromatic rings. The molecule has 1 aromatic carbocycles. The SMILES string of the molecule is Cc1cc(NC(=O)COC(=O)c2cc(C3CC3)nc3ccccc23)n(C2CCS(=O)(=O)C2)n1. The number of esters is 1. The summed E-state index contributed by atoms with van der Waals surface area (Å²) in [5, 5.41) is 7.72. The number of carbonyl (C=O) groups is 2. The summed E-state index contributed by atoms with van der Waals surface area (Å²) >= 11 is 0. The Balaban J connectivity index is 1.29. The second kappa shape index (κ2) is 8.26. The first-order chi connectivity index (χ1) is 15.8. The van der Waals surface area contributed by atoms with Crippen molar-refractivity contribution in [3.8, 4) is 0 Å². The Morgan fingerprint density at radius 1 is 1.18 bits per heavy atom. The Kier molecular flexibility index (Phi) is 5.40. The van der Waals surface area contributed by atoms with Crippen LogP contribution < -0.4 is 5.32 Å². The van der Waals surface area contributed by atoms with Crippen LogP contribution >= 0.6 is 0 Å². The van der Waals surface area contributed by atoms with E-state index in [9.17, 15) is 18.0 Å². The summed E-state index contributed by atoms with van der Waals surface area (Å²) in [7, 11) is -3.10. The number of aromatic nitrogens is 3. The molecule has 33 heavy (non-hydrogen) atoms. The molecule has 5 rings (SSSR count). The molecule has 1 N–H and O–H groups in total. The lowest BCUT2D eigenvalue weighted by Crippen LogP contribution is -2.24. The van der Waals surface area contributed by atoms with Crippen LogP contribution in [-0.2, 0) is 19.4 Å². The van der Waals surface area contributed by atoms with Gasteiger partial charge in [-0.25, -0.2) is 17.9 Å². The van der Waals surface area contributed by atoms with Crippen molar-refractivity contribution >= 4 is 38.4 Å².